The lowest BCUT2D eigenvalue weighted by Crippen LogP contribution is -2.28. The van der Waals surface area contributed by atoms with Crippen molar-refractivity contribution in [2.45, 2.75) is 18.6 Å². The number of aromatic carboxylic acids is 1. The molecule has 10 heteroatoms. The first kappa shape index (κ1) is 19.8. The predicted octanol–water partition coefficient (Wildman–Crippen LogP) is 2.79. The largest absolute Gasteiger partial charge is 0.478 e. The van der Waals surface area contributed by atoms with Gasteiger partial charge in [0.15, 0.2) is 5.17 Å². The number of carbonyl (C=O) groups excluding carboxylic acids is 2. The molecule has 2 aromatic rings. The number of nitrogens with one attached hydrogen (secondary N) is 2. The highest BCUT2D eigenvalue weighted by Gasteiger charge is 2.32. The van der Waals surface area contributed by atoms with Crippen molar-refractivity contribution in [3.8, 4) is 0 Å². The van der Waals surface area contributed by atoms with E-state index in [1.54, 1.807) is 11.3 Å². The van der Waals surface area contributed by atoms with Gasteiger partial charge in [-0.1, -0.05) is 17.8 Å². The number of rotatable bonds is 6. The number of carbonyl (C=O) groups is 3. The van der Waals surface area contributed by atoms with Gasteiger partial charge in [0.2, 0.25) is 11.8 Å². The van der Waals surface area contributed by atoms with Gasteiger partial charge in [-0.05, 0) is 42.6 Å². The summed E-state index contributed by atoms with van der Waals surface area (Å²) in [6.45, 7) is 1.83. The van der Waals surface area contributed by atoms with Crippen LogP contribution in [0.5, 0.6) is 0 Å². The van der Waals surface area contributed by atoms with Crippen molar-refractivity contribution in [1.29, 1.82) is 0 Å². The molecule has 2 heterocycles. The van der Waals surface area contributed by atoms with Crippen LogP contribution in [0.1, 0.15) is 28.6 Å². The maximum atomic E-state index is 12.2. The van der Waals surface area contributed by atoms with Crippen molar-refractivity contribution in [3.05, 3.63) is 52.2 Å². The zero-order valence-electron chi connectivity index (χ0n) is 14.7. The summed E-state index contributed by atoms with van der Waals surface area (Å²) in [7, 11) is 0. The number of hydrogen-bond acceptors (Lipinski definition) is 7. The smallest absolute Gasteiger partial charge is 0.335 e. The standard InChI is InChI=1S/C18H16N4O4S2/c1-10(13-3-2-8-27-13)21-22-18-20-16(24)14(28-18)9-15(23)19-12-6-4-11(5-7-12)17(25)26/h2-8,14H,9H2,1H3,(H,19,23)(H,25,26)(H,20,22,24)/b21-10-/t14-/m1/s1. The van der Waals surface area contributed by atoms with Crippen LogP contribution in [0.15, 0.2) is 52.0 Å². The molecule has 2 amide bonds. The molecule has 0 radical (unpaired) electrons. The van der Waals surface area contributed by atoms with E-state index >= 15 is 0 Å². The lowest BCUT2D eigenvalue weighted by atomic mass is 10.2. The number of nitrogens with zero attached hydrogens (tertiary/aromatic N) is 2. The molecule has 0 aliphatic carbocycles. The predicted molar refractivity (Wildman–Crippen MR) is 110 cm³/mol. The molecule has 0 saturated carbocycles. The van der Waals surface area contributed by atoms with Crippen LogP contribution in [0, 0.1) is 0 Å². The Morgan fingerprint density at radius 1 is 1.25 bits per heavy atom. The fourth-order valence-corrected chi connectivity index (χ4v) is 3.91. The fourth-order valence-electron chi connectivity index (χ4n) is 2.32. The maximum absolute atomic E-state index is 12.2. The number of thioether (sulfide) groups is 1. The van der Waals surface area contributed by atoms with Crippen molar-refractivity contribution in [2.24, 2.45) is 10.2 Å². The SMILES string of the molecule is C/C(=N/N=C1/NC(=O)[C@@H](CC(=O)Nc2ccc(C(=O)O)cc2)S1)c1cccs1. The zero-order chi connectivity index (χ0) is 20.1. The molecule has 1 aliphatic heterocycles. The van der Waals surface area contributed by atoms with Gasteiger partial charge in [0.05, 0.1) is 16.2 Å². The molecule has 3 N–H and O–H groups in total. The lowest BCUT2D eigenvalue weighted by Gasteiger charge is -2.07. The number of carboxylic acids is 1. The van der Waals surface area contributed by atoms with Crippen LogP contribution in [-0.4, -0.2) is 39.0 Å². The van der Waals surface area contributed by atoms with Crippen molar-refractivity contribution in [3.63, 3.8) is 0 Å². The minimum absolute atomic E-state index is 0.0379. The van der Waals surface area contributed by atoms with Gasteiger partial charge < -0.3 is 15.7 Å². The summed E-state index contributed by atoms with van der Waals surface area (Å²) >= 11 is 2.70. The van der Waals surface area contributed by atoms with Gasteiger partial charge >= 0.3 is 5.97 Å². The fraction of sp³-hybridized carbons (Fsp3) is 0.167. The molecule has 0 unspecified atom stereocenters. The summed E-state index contributed by atoms with van der Waals surface area (Å²) in [6.07, 6.45) is -0.0379. The monoisotopic (exact) mass is 416 g/mol. The number of carboxylic acid groups (broad SMARTS) is 1. The second-order valence-corrected chi connectivity index (χ2v) is 7.94. The number of amides is 2. The molecule has 144 valence electrons. The number of amidine groups is 1. The van der Waals surface area contributed by atoms with Crippen LogP contribution >= 0.6 is 23.1 Å². The van der Waals surface area contributed by atoms with E-state index < -0.39 is 11.2 Å². The van der Waals surface area contributed by atoms with Crippen LogP contribution in [0.25, 0.3) is 0 Å². The van der Waals surface area contributed by atoms with Crippen LogP contribution in [0.4, 0.5) is 5.69 Å². The number of anilines is 1. The van der Waals surface area contributed by atoms with Gasteiger partial charge in [0.25, 0.3) is 0 Å². The molecular weight excluding hydrogens is 400 g/mol. The first-order valence-corrected chi connectivity index (χ1v) is 9.95. The first-order valence-electron chi connectivity index (χ1n) is 8.19. The Hall–Kier alpha value is -2.98. The third kappa shape index (κ3) is 5.05. The summed E-state index contributed by atoms with van der Waals surface area (Å²) < 4.78 is 0. The average Bonchev–Trinajstić information content (AvgIpc) is 3.31. The molecule has 1 atom stereocenters. The molecule has 0 bridgehead atoms. The lowest BCUT2D eigenvalue weighted by molar-refractivity contribution is -0.122. The van der Waals surface area contributed by atoms with Gasteiger partial charge in [0.1, 0.15) is 5.25 Å². The third-order valence-electron chi connectivity index (χ3n) is 3.73. The van der Waals surface area contributed by atoms with Crippen molar-refractivity contribution < 1.29 is 19.5 Å². The van der Waals surface area contributed by atoms with Gasteiger partial charge in [-0.25, -0.2) is 4.79 Å². The highest BCUT2D eigenvalue weighted by molar-refractivity contribution is 8.15. The molecule has 1 aliphatic rings. The van der Waals surface area contributed by atoms with E-state index in [9.17, 15) is 14.4 Å². The van der Waals surface area contributed by atoms with Crippen molar-refractivity contribution >= 4 is 57.4 Å². The molecule has 1 saturated heterocycles. The Morgan fingerprint density at radius 3 is 2.64 bits per heavy atom. The Balaban J connectivity index is 1.56. The van der Waals surface area contributed by atoms with E-state index in [2.05, 4.69) is 20.8 Å². The molecule has 28 heavy (non-hydrogen) atoms. The van der Waals surface area contributed by atoms with E-state index in [4.69, 9.17) is 5.11 Å². The quantitative estimate of drug-likeness (QED) is 0.494. The molecule has 8 nitrogen and oxygen atoms in total. The summed E-state index contributed by atoms with van der Waals surface area (Å²) in [6, 6.07) is 9.64. The zero-order valence-corrected chi connectivity index (χ0v) is 16.3. The highest BCUT2D eigenvalue weighted by atomic mass is 32.2. The van der Waals surface area contributed by atoms with E-state index in [1.807, 2.05) is 24.4 Å². The van der Waals surface area contributed by atoms with Crippen LogP contribution in [0.3, 0.4) is 0 Å². The Morgan fingerprint density at radius 2 is 2.00 bits per heavy atom. The third-order valence-corrected chi connectivity index (χ3v) is 5.78. The Kier molecular flexibility index (Phi) is 6.22. The topological polar surface area (TPSA) is 120 Å². The van der Waals surface area contributed by atoms with Gasteiger partial charge in [-0.2, -0.15) is 5.10 Å². The Labute approximate surface area is 168 Å². The number of thiophene rings is 1. The second-order valence-electron chi connectivity index (χ2n) is 5.80. The normalized spacial score (nSPS) is 18.2. The number of hydrogen-bond donors (Lipinski definition) is 3. The Bertz CT molecular complexity index is 952. The van der Waals surface area contributed by atoms with Gasteiger partial charge in [-0.15, -0.1) is 16.4 Å². The minimum atomic E-state index is -1.04. The average molecular weight is 416 g/mol. The van der Waals surface area contributed by atoms with Crippen LogP contribution in [0.2, 0.25) is 0 Å². The van der Waals surface area contributed by atoms with Crippen LogP contribution in [-0.2, 0) is 9.59 Å². The first-order chi connectivity index (χ1) is 13.4. The molecule has 0 spiro atoms. The van der Waals surface area contributed by atoms with Gasteiger partial charge in [-0.3, -0.25) is 9.59 Å². The van der Waals surface area contributed by atoms with Crippen LogP contribution < -0.4 is 10.6 Å². The molecule has 1 aromatic heterocycles. The van der Waals surface area contributed by atoms with E-state index in [-0.39, 0.29) is 23.8 Å². The highest BCUT2D eigenvalue weighted by Crippen LogP contribution is 2.23. The summed E-state index contributed by atoms with van der Waals surface area (Å²) in [5, 5.41) is 24.0. The minimum Gasteiger partial charge on any atom is -0.478 e. The van der Waals surface area contributed by atoms with Crippen molar-refractivity contribution in [1.82, 2.24) is 5.32 Å². The summed E-state index contributed by atoms with van der Waals surface area (Å²) in [5.41, 5.74) is 1.33. The van der Waals surface area contributed by atoms with Crippen molar-refractivity contribution in [2.75, 3.05) is 5.32 Å². The molecular formula is C18H16N4O4S2. The second kappa shape index (κ2) is 8.81. The molecule has 1 fully saturated rings. The van der Waals surface area contributed by atoms with Gasteiger partial charge in [0, 0.05) is 12.1 Å². The molecule has 1 aromatic carbocycles. The number of benzene rings is 1. The van der Waals surface area contributed by atoms with E-state index in [0.717, 1.165) is 22.4 Å². The van der Waals surface area contributed by atoms with E-state index in [0.29, 0.717) is 10.9 Å². The summed E-state index contributed by atoms with van der Waals surface area (Å²) in [4.78, 5) is 36.1. The maximum Gasteiger partial charge on any atom is 0.335 e. The summed E-state index contributed by atoms with van der Waals surface area (Å²) in [5.74, 6) is -1.69. The van der Waals surface area contributed by atoms with E-state index in [1.165, 1.54) is 24.3 Å². The molecule has 3 rings (SSSR count).